The van der Waals surface area contributed by atoms with Crippen molar-refractivity contribution in [2.45, 2.75) is 113 Å². The molecule has 5 aliphatic rings. The third kappa shape index (κ3) is 2.68. The number of hydrogen-bond donors (Lipinski definition) is 0. The number of ketones is 1. The number of hydrogen-bond acceptors (Lipinski definition) is 1. The van der Waals surface area contributed by atoms with Gasteiger partial charge < -0.3 is 0 Å². The van der Waals surface area contributed by atoms with Gasteiger partial charge in [0.25, 0.3) is 0 Å². The maximum atomic E-state index is 12.8. The SMILES string of the molecule is CC1(C)CC[C@]2(C)CC=C3[C@H](CC[C@@H]4[C@@]5(C)CCC(=O)C(C)(C)[C@@H]5CC[C@@]34C)[C@@H]2C1. The van der Waals surface area contributed by atoms with Gasteiger partial charge in [0.05, 0.1) is 0 Å². The van der Waals surface area contributed by atoms with E-state index in [-0.39, 0.29) is 5.41 Å². The van der Waals surface area contributed by atoms with Crippen molar-refractivity contribution in [3.05, 3.63) is 11.6 Å². The number of carbonyl (C=O) groups is 1. The summed E-state index contributed by atoms with van der Waals surface area (Å²) in [6, 6.07) is 0. The van der Waals surface area contributed by atoms with E-state index in [1.807, 2.05) is 5.57 Å². The van der Waals surface area contributed by atoms with Crippen molar-refractivity contribution >= 4 is 5.78 Å². The normalized spacial score (nSPS) is 51.7. The van der Waals surface area contributed by atoms with Gasteiger partial charge >= 0.3 is 0 Å². The van der Waals surface area contributed by atoms with Crippen LogP contribution >= 0.6 is 0 Å². The van der Waals surface area contributed by atoms with Gasteiger partial charge in [0.2, 0.25) is 0 Å². The minimum atomic E-state index is -0.127. The molecule has 0 heterocycles. The van der Waals surface area contributed by atoms with Crippen LogP contribution in [0.2, 0.25) is 0 Å². The minimum Gasteiger partial charge on any atom is -0.299 e. The topological polar surface area (TPSA) is 17.1 Å². The summed E-state index contributed by atoms with van der Waals surface area (Å²) in [6.45, 7) is 17.4. The molecule has 0 bridgehead atoms. The first-order valence-electron chi connectivity index (χ1n) is 13.1. The second-order valence-corrected chi connectivity index (χ2v) is 14.4. The molecule has 0 spiro atoms. The van der Waals surface area contributed by atoms with Gasteiger partial charge in [-0.3, -0.25) is 4.79 Å². The predicted octanol–water partition coefficient (Wildman–Crippen LogP) is 7.99. The number of rotatable bonds is 0. The quantitative estimate of drug-likeness (QED) is 0.370. The molecule has 0 aromatic rings. The summed E-state index contributed by atoms with van der Waals surface area (Å²) in [5, 5.41) is 0. The third-order valence-electron chi connectivity index (χ3n) is 11.9. The molecule has 0 amide bonds. The first-order valence-corrected chi connectivity index (χ1v) is 13.1. The molecular weight excluding hydrogens is 364 g/mol. The number of carbonyl (C=O) groups excluding carboxylic acids is 1. The number of Topliss-reactive ketones (excluding diaryl/α,β-unsaturated/α-hetero) is 1. The van der Waals surface area contributed by atoms with E-state index in [2.05, 4.69) is 54.5 Å². The van der Waals surface area contributed by atoms with E-state index in [4.69, 9.17) is 0 Å². The standard InChI is InChI=1S/C29H46O/c1-25(2)16-17-27(5)13-10-20-19(21(27)18-25)8-9-23-28(20,6)14-11-22-26(3,4)24(30)12-15-29(22,23)7/h10,19,21-23H,8-9,11-18H2,1-7H3/t19-,21-,22-,23-,27-,28-,29-/m0/s1. The lowest BCUT2D eigenvalue weighted by Gasteiger charge is -2.67. The highest BCUT2D eigenvalue weighted by Gasteiger charge is 2.64. The molecule has 1 heteroatoms. The van der Waals surface area contributed by atoms with E-state index in [1.54, 1.807) is 0 Å². The van der Waals surface area contributed by atoms with Crippen LogP contribution < -0.4 is 0 Å². The second-order valence-electron chi connectivity index (χ2n) is 14.4. The minimum absolute atomic E-state index is 0.127. The van der Waals surface area contributed by atoms with Gasteiger partial charge in [-0.15, -0.1) is 0 Å². The van der Waals surface area contributed by atoms with Crippen molar-refractivity contribution in [3.8, 4) is 0 Å². The summed E-state index contributed by atoms with van der Waals surface area (Å²) >= 11 is 0. The van der Waals surface area contributed by atoms with Gasteiger partial charge in [-0.2, -0.15) is 0 Å². The largest absolute Gasteiger partial charge is 0.299 e. The molecule has 5 aliphatic carbocycles. The predicted molar refractivity (Wildman–Crippen MR) is 125 cm³/mol. The van der Waals surface area contributed by atoms with Crippen LogP contribution in [0.15, 0.2) is 11.6 Å². The van der Waals surface area contributed by atoms with Crippen molar-refractivity contribution in [3.63, 3.8) is 0 Å². The van der Waals surface area contributed by atoms with Gasteiger partial charge in [0.15, 0.2) is 0 Å². The molecule has 0 aromatic carbocycles. The van der Waals surface area contributed by atoms with Crippen LogP contribution in [0.4, 0.5) is 0 Å². The van der Waals surface area contributed by atoms with E-state index >= 15 is 0 Å². The molecular formula is C29H46O. The van der Waals surface area contributed by atoms with Gasteiger partial charge in [-0.1, -0.05) is 60.1 Å². The summed E-state index contributed by atoms with van der Waals surface area (Å²) < 4.78 is 0. The monoisotopic (exact) mass is 410 g/mol. The molecule has 0 aromatic heterocycles. The van der Waals surface area contributed by atoms with Crippen LogP contribution in [0.5, 0.6) is 0 Å². The van der Waals surface area contributed by atoms with E-state index in [9.17, 15) is 4.79 Å². The van der Waals surface area contributed by atoms with E-state index in [0.717, 1.165) is 30.6 Å². The Morgan fingerprint density at radius 1 is 0.833 bits per heavy atom. The Kier molecular flexibility index (Phi) is 4.43. The lowest BCUT2D eigenvalue weighted by Crippen LogP contribution is -2.60. The van der Waals surface area contributed by atoms with Gasteiger partial charge in [-0.05, 0) is 103 Å². The fourth-order valence-electron chi connectivity index (χ4n) is 10.1. The van der Waals surface area contributed by atoms with E-state index in [1.165, 1.54) is 51.4 Å². The molecule has 7 atom stereocenters. The van der Waals surface area contributed by atoms with Crippen LogP contribution in [0.3, 0.4) is 0 Å². The summed E-state index contributed by atoms with van der Waals surface area (Å²) in [5.74, 6) is 3.57. The zero-order valence-corrected chi connectivity index (χ0v) is 20.9. The van der Waals surface area contributed by atoms with Crippen LogP contribution in [0.25, 0.3) is 0 Å². The van der Waals surface area contributed by atoms with Crippen LogP contribution in [0.1, 0.15) is 113 Å². The second kappa shape index (κ2) is 6.26. The van der Waals surface area contributed by atoms with E-state index < -0.39 is 0 Å². The first kappa shape index (κ1) is 21.3. The maximum Gasteiger partial charge on any atom is 0.138 e. The smallest absolute Gasteiger partial charge is 0.138 e. The molecule has 0 aliphatic heterocycles. The summed E-state index contributed by atoms with van der Waals surface area (Å²) in [4.78, 5) is 12.8. The molecule has 4 saturated carbocycles. The van der Waals surface area contributed by atoms with Crippen LogP contribution in [-0.2, 0) is 4.79 Å². The number of allylic oxidation sites excluding steroid dienone is 2. The fraction of sp³-hybridized carbons (Fsp3) is 0.897. The first-order chi connectivity index (χ1) is 13.8. The molecule has 1 nitrogen and oxygen atoms in total. The summed E-state index contributed by atoms with van der Waals surface area (Å²) in [5.41, 5.74) is 3.50. The lowest BCUT2D eigenvalue weighted by molar-refractivity contribution is -0.163. The lowest BCUT2D eigenvalue weighted by atomic mass is 9.37. The van der Waals surface area contributed by atoms with Crippen LogP contribution in [0, 0.1) is 50.7 Å². The Morgan fingerprint density at radius 3 is 2.30 bits per heavy atom. The Labute approximate surface area is 185 Å². The number of fused-ring (bicyclic) bond motifs is 7. The fourth-order valence-corrected chi connectivity index (χ4v) is 10.1. The summed E-state index contributed by atoms with van der Waals surface area (Å²) in [7, 11) is 0. The van der Waals surface area contributed by atoms with Crippen molar-refractivity contribution < 1.29 is 4.79 Å². The zero-order chi connectivity index (χ0) is 21.7. The molecule has 0 N–H and O–H groups in total. The Bertz CT molecular complexity index is 786. The molecule has 0 unspecified atom stereocenters. The van der Waals surface area contributed by atoms with Crippen molar-refractivity contribution in [2.24, 2.45) is 50.7 Å². The van der Waals surface area contributed by atoms with Gasteiger partial charge in [0.1, 0.15) is 5.78 Å². The molecule has 0 saturated heterocycles. The molecule has 168 valence electrons. The van der Waals surface area contributed by atoms with Crippen molar-refractivity contribution in [2.75, 3.05) is 0 Å². The zero-order valence-electron chi connectivity index (χ0n) is 20.9. The molecule has 0 radical (unpaired) electrons. The summed E-state index contributed by atoms with van der Waals surface area (Å²) in [6.07, 6.45) is 15.6. The highest BCUT2D eigenvalue weighted by molar-refractivity contribution is 5.85. The molecule has 5 rings (SSSR count). The molecule has 30 heavy (non-hydrogen) atoms. The average Bonchev–Trinajstić information content (AvgIpc) is 2.65. The Hall–Kier alpha value is -0.590. The highest BCUT2D eigenvalue weighted by Crippen LogP contribution is 2.71. The Morgan fingerprint density at radius 2 is 1.57 bits per heavy atom. The highest BCUT2D eigenvalue weighted by atomic mass is 16.1. The van der Waals surface area contributed by atoms with E-state index in [0.29, 0.717) is 33.4 Å². The average molecular weight is 411 g/mol. The van der Waals surface area contributed by atoms with Crippen molar-refractivity contribution in [1.82, 2.24) is 0 Å². The third-order valence-corrected chi connectivity index (χ3v) is 11.9. The van der Waals surface area contributed by atoms with Gasteiger partial charge in [0, 0.05) is 11.8 Å². The van der Waals surface area contributed by atoms with Crippen LogP contribution in [-0.4, -0.2) is 5.78 Å². The van der Waals surface area contributed by atoms with Crippen molar-refractivity contribution in [1.29, 1.82) is 0 Å². The Balaban J connectivity index is 1.52. The maximum absolute atomic E-state index is 12.8. The van der Waals surface area contributed by atoms with Gasteiger partial charge in [-0.25, -0.2) is 0 Å². The molecule has 4 fully saturated rings.